The van der Waals surface area contributed by atoms with Crippen LogP contribution in [-0.2, 0) is 16.5 Å². The van der Waals surface area contributed by atoms with Crippen LogP contribution >= 0.6 is 0 Å². The molecule has 2 bridgehead atoms. The van der Waals surface area contributed by atoms with Crippen molar-refractivity contribution in [2.45, 2.75) is 18.6 Å². The largest absolute Gasteiger partial charge is 0.464 e. The number of methoxy groups -OCH3 is 1. The summed E-state index contributed by atoms with van der Waals surface area (Å²) in [6, 6.07) is 0.604. The molecule has 0 unspecified atom stereocenters. The van der Waals surface area contributed by atoms with Crippen molar-refractivity contribution >= 4 is 40.0 Å². The minimum atomic E-state index is -1.35. The molecule has 2 saturated heterocycles. The highest BCUT2D eigenvalue weighted by atomic mass is 19.2. The van der Waals surface area contributed by atoms with E-state index in [-0.39, 0.29) is 41.7 Å². The summed E-state index contributed by atoms with van der Waals surface area (Å²) in [6.45, 7) is 0.595. The Labute approximate surface area is 220 Å². The summed E-state index contributed by atoms with van der Waals surface area (Å²) in [7, 11) is 4.52. The van der Waals surface area contributed by atoms with Gasteiger partial charge in [0.2, 0.25) is 0 Å². The number of aryl methyl sites for hydroxylation is 1. The van der Waals surface area contributed by atoms with Crippen LogP contribution in [0.2, 0.25) is 0 Å². The fourth-order valence-corrected chi connectivity index (χ4v) is 5.08. The number of fused-ring (bicyclic) bond motifs is 3. The number of benzene rings is 1. The predicted molar refractivity (Wildman–Crippen MR) is 136 cm³/mol. The second-order valence-electron chi connectivity index (χ2n) is 9.27. The van der Waals surface area contributed by atoms with Gasteiger partial charge >= 0.3 is 5.97 Å². The van der Waals surface area contributed by atoms with Gasteiger partial charge in [-0.25, -0.2) is 32.9 Å². The maximum Gasteiger partial charge on any atom is 0.360 e. The van der Waals surface area contributed by atoms with Crippen LogP contribution in [0.4, 0.5) is 36.2 Å². The number of halogens is 3. The van der Waals surface area contributed by atoms with Gasteiger partial charge in [-0.2, -0.15) is 0 Å². The molecule has 2 aliphatic heterocycles. The summed E-state index contributed by atoms with van der Waals surface area (Å²) in [5.74, 6) is -4.64. The lowest BCUT2D eigenvalue weighted by Gasteiger charge is -2.30. The molecular formula is C25H23F3N8O3. The Bertz CT molecular complexity index is 1630. The number of anilines is 4. The number of carbonyl (C=O) groups is 1. The minimum absolute atomic E-state index is 0.141. The summed E-state index contributed by atoms with van der Waals surface area (Å²) >= 11 is 0. The molecule has 0 saturated carbocycles. The number of hydrogen-bond donors (Lipinski definition) is 2. The Morgan fingerprint density at radius 2 is 2.00 bits per heavy atom. The topological polar surface area (TPSA) is 119 Å². The van der Waals surface area contributed by atoms with Crippen LogP contribution in [0.25, 0.3) is 22.3 Å². The zero-order valence-corrected chi connectivity index (χ0v) is 21.1. The lowest BCUT2D eigenvalue weighted by molar-refractivity contribution is 0.0595. The third kappa shape index (κ3) is 3.98. The Morgan fingerprint density at radius 1 is 1.18 bits per heavy atom. The standard InChI is InChI=1S/C25H23F3N8O3/c1-29-23-20(13-6-30-7-16-19(13)31-10-35(16)2)33-21(25(37)38-3)24(34-23)32-15-5-14(26)22(18(28)17(15)27)36-8-12-4-11(36)9-39-12/h5-7,10-12H,4,8-9H2,1-3H3,(H2,29,32,34)/t11-,12-/m0/s1. The summed E-state index contributed by atoms with van der Waals surface area (Å²) in [6.07, 6.45) is 5.24. The monoisotopic (exact) mass is 540 g/mol. The zero-order valence-electron chi connectivity index (χ0n) is 21.1. The molecule has 1 aromatic carbocycles. The Morgan fingerprint density at radius 3 is 2.69 bits per heavy atom. The lowest BCUT2D eigenvalue weighted by Crippen LogP contribution is -2.38. The minimum Gasteiger partial charge on any atom is -0.464 e. The van der Waals surface area contributed by atoms with Crippen LogP contribution in [0.3, 0.4) is 0 Å². The summed E-state index contributed by atoms with van der Waals surface area (Å²) in [5.41, 5.74) is 0.619. The van der Waals surface area contributed by atoms with Gasteiger partial charge in [0.25, 0.3) is 0 Å². The van der Waals surface area contributed by atoms with Gasteiger partial charge in [0.05, 0.1) is 55.2 Å². The number of imidazole rings is 1. The van der Waals surface area contributed by atoms with Gasteiger partial charge in [-0.15, -0.1) is 0 Å². The summed E-state index contributed by atoms with van der Waals surface area (Å²) < 4.78 is 57.8. The molecule has 2 atom stereocenters. The first kappa shape index (κ1) is 24.9. The third-order valence-corrected chi connectivity index (χ3v) is 6.98. The molecule has 5 heterocycles. The molecule has 0 spiro atoms. The van der Waals surface area contributed by atoms with E-state index < -0.39 is 34.8 Å². The second kappa shape index (κ2) is 9.38. The molecule has 6 rings (SSSR count). The second-order valence-corrected chi connectivity index (χ2v) is 9.27. The van der Waals surface area contributed by atoms with Crippen LogP contribution in [0.1, 0.15) is 16.9 Å². The molecule has 0 radical (unpaired) electrons. The van der Waals surface area contributed by atoms with Crippen molar-refractivity contribution < 1.29 is 27.4 Å². The highest BCUT2D eigenvalue weighted by Crippen LogP contribution is 2.39. The third-order valence-electron chi connectivity index (χ3n) is 6.98. The number of ether oxygens (including phenoxy) is 2. The van der Waals surface area contributed by atoms with Crippen molar-refractivity contribution in [1.82, 2.24) is 24.5 Å². The number of hydrogen-bond acceptors (Lipinski definition) is 10. The number of nitrogens with one attached hydrogen (secondary N) is 2. The van der Waals surface area contributed by atoms with Crippen LogP contribution in [0.15, 0.2) is 24.8 Å². The average Bonchev–Trinajstić information content (AvgIpc) is 3.67. The molecule has 39 heavy (non-hydrogen) atoms. The molecule has 14 heteroatoms. The first-order chi connectivity index (χ1) is 18.8. The number of morpholine rings is 1. The molecule has 11 nitrogen and oxygen atoms in total. The van der Waals surface area contributed by atoms with Gasteiger partial charge in [0.15, 0.2) is 34.8 Å². The Balaban J connectivity index is 1.44. The lowest BCUT2D eigenvalue weighted by atomic mass is 10.1. The van der Waals surface area contributed by atoms with Gasteiger partial charge in [-0.05, 0) is 6.42 Å². The van der Waals surface area contributed by atoms with Crippen molar-refractivity contribution in [3.8, 4) is 11.3 Å². The summed E-state index contributed by atoms with van der Waals surface area (Å²) in [5, 5.41) is 5.42. The molecule has 0 amide bonds. The smallest absolute Gasteiger partial charge is 0.360 e. The van der Waals surface area contributed by atoms with Crippen molar-refractivity contribution in [3.63, 3.8) is 0 Å². The predicted octanol–water partition coefficient (Wildman–Crippen LogP) is 3.39. The average molecular weight is 541 g/mol. The SMILES string of the molecule is CNc1nc(Nc2cc(F)c(N3C[C@@H]4C[C@H]3CO4)c(F)c2F)c(C(=O)OC)nc1-c1cncc2c1ncn2C. The van der Waals surface area contributed by atoms with Gasteiger partial charge in [-0.1, -0.05) is 0 Å². The number of nitrogens with zero attached hydrogens (tertiary/aromatic N) is 6. The number of esters is 1. The van der Waals surface area contributed by atoms with Crippen LogP contribution in [0, 0.1) is 17.5 Å². The maximum atomic E-state index is 15.3. The van der Waals surface area contributed by atoms with E-state index in [2.05, 4.69) is 30.6 Å². The fourth-order valence-electron chi connectivity index (χ4n) is 5.08. The van der Waals surface area contributed by atoms with Gasteiger partial charge in [0, 0.05) is 32.9 Å². The van der Waals surface area contributed by atoms with E-state index in [9.17, 15) is 4.79 Å². The summed E-state index contributed by atoms with van der Waals surface area (Å²) in [4.78, 5) is 31.7. The Hall–Kier alpha value is -4.46. The molecule has 2 aliphatic rings. The van der Waals surface area contributed by atoms with Crippen molar-refractivity contribution in [2.75, 3.05) is 42.8 Å². The van der Waals surface area contributed by atoms with Crippen LogP contribution in [-0.4, -0.2) is 69.9 Å². The van der Waals surface area contributed by atoms with E-state index in [0.717, 1.165) is 13.2 Å². The highest BCUT2D eigenvalue weighted by Gasteiger charge is 2.42. The molecular weight excluding hydrogens is 517 g/mol. The molecule has 3 aromatic heterocycles. The van der Waals surface area contributed by atoms with Crippen molar-refractivity contribution in [1.29, 1.82) is 0 Å². The number of aromatic nitrogens is 5. The number of carbonyl (C=O) groups excluding carboxylic acids is 1. The zero-order chi connectivity index (χ0) is 27.4. The number of rotatable bonds is 6. The van der Waals surface area contributed by atoms with Crippen LogP contribution < -0.4 is 15.5 Å². The maximum absolute atomic E-state index is 15.3. The van der Waals surface area contributed by atoms with Crippen LogP contribution in [0.5, 0.6) is 0 Å². The van der Waals surface area contributed by atoms with E-state index in [4.69, 9.17) is 9.47 Å². The fraction of sp³-hybridized carbons (Fsp3) is 0.320. The molecule has 2 fully saturated rings. The van der Waals surface area contributed by atoms with Gasteiger partial charge < -0.3 is 29.6 Å². The Kier molecular flexibility index (Phi) is 5.98. The van der Waals surface area contributed by atoms with E-state index in [1.807, 2.05) is 0 Å². The normalized spacial score (nSPS) is 18.2. The van der Waals surface area contributed by atoms with Crippen molar-refractivity contribution in [2.24, 2.45) is 7.05 Å². The van der Waals surface area contributed by atoms with E-state index in [1.165, 1.54) is 11.1 Å². The van der Waals surface area contributed by atoms with Gasteiger partial charge in [0.1, 0.15) is 16.9 Å². The van der Waals surface area contributed by atoms with E-state index >= 15 is 13.2 Å². The van der Waals surface area contributed by atoms with E-state index in [1.54, 1.807) is 31.2 Å². The molecule has 202 valence electrons. The van der Waals surface area contributed by atoms with Crippen molar-refractivity contribution in [3.05, 3.63) is 47.9 Å². The molecule has 2 N–H and O–H groups in total. The number of pyridine rings is 1. The molecule has 4 aromatic rings. The van der Waals surface area contributed by atoms with Gasteiger partial charge in [-0.3, -0.25) is 4.98 Å². The quantitative estimate of drug-likeness (QED) is 0.278. The highest BCUT2D eigenvalue weighted by molar-refractivity contribution is 5.98. The van der Waals surface area contributed by atoms with E-state index in [0.29, 0.717) is 29.6 Å². The molecule has 0 aliphatic carbocycles. The first-order valence-corrected chi connectivity index (χ1v) is 12.1. The first-order valence-electron chi connectivity index (χ1n) is 12.1.